The zero-order chi connectivity index (χ0) is 21.3. The van der Waals surface area contributed by atoms with E-state index in [1.54, 1.807) is 22.7 Å². The predicted octanol–water partition coefficient (Wildman–Crippen LogP) is 7.06. The number of rotatable bonds is 9. The van der Waals surface area contributed by atoms with Crippen molar-refractivity contribution in [2.75, 3.05) is 11.9 Å². The first-order valence-corrected chi connectivity index (χ1v) is 13.7. The third-order valence-corrected chi connectivity index (χ3v) is 7.11. The molecule has 3 aromatic rings. The minimum absolute atomic E-state index is 0.123. The lowest BCUT2D eigenvalue weighted by atomic mass is 10.0. The van der Waals surface area contributed by atoms with Gasteiger partial charge in [0, 0.05) is 33.0 Å². The molecule has 0 spiro atoms. The molecule has 2 N–H and O–H groups in total. The summed E-state index contributed by atoms with van der Waals surface area (Å²) in [6, 6.07) is 12.5. The van der Waals surface area contributed by atoms with E-state index in [0.717, 1.165) is 37.4 Å². The Hall–Kier alpha value is -0.500. The molecule has 0 radical (unpaired) electrons. The van der Waals surface area contributed by atoms with Gasteiger partial charge in [0.1, 0.15) is 0 Å². The molecule has 162 valence electrons. The standard InChI is InChI=1S/C11H18OS.C6H7BrS.C6H8OS/c1-9(2)8-10(12)5-6-11-4-3-7-13-11;2*7-4-3-6-2-1-5-8-6/h3-4,7,9-10,12H,5-6,8H2,1-2H3;1-2,5H,3-4H2;1-2,5,7H,3-4H2. The van der Waals surface area contributed by atoms with Crippen LogP contribution >= 0.6 is 49.9 Å². The molecule has 3 rings (SSSR count). The molecule has 1 atom stereocenters. The molecule has 0 saturated carbocycles. The lowest BCUT2D eigenvalue weighted by Gasteiger charge is -2.11. The van der Waals surface area contributed by atoms with Crippen LogP contribution in [-0.4, -0.2) is 28.3 Å². The third-order valence-electron chi connectivity index (χ3n) is 3.91. The Kier molecular flexibility index (Phi) is 15.7. The molecule has 3 heterocycles. The number of alkyl halides is 1. The van der Waals surface area contributed by atoms with Crippen LogP contribution in [0.3, 0.4) is 0 Å². The van der Waals surface area contributed by atoms with Crippen molar-refractivity contribution in [3.05, 3.63) is 67.2 Å². The van der Waals surface area contributed by atoms with E-state index in [2.05, 4.69) is 64.8 Å². The number of aryl methyl sites for hydroxylation is 2. The maximum atomic E-state index is 9.62. The van der Waals surface area contributed by atoms with Crippen LogP contribution in [0.4, 0.5) is 0 Å². The van der Waals surface area contributed by atoms with Gasteiger partial charge in [-0.2, -0.15) is 0 Å². The smallest absolute Gasteiger partial charge is 0.0546 e. The highest BCUT2D eigenvalue weighted by molar-refractivity contribution is 9.09. The van der Waals surface area contributed by atoms with Gasteiger partial charge in [-0.3, -0.25) is 0 Å². The van der Waals surface area contributed by atoms with Crippen LogP contribution < -0.4 is 0 Å². The average molecular weight is 518 g/mol. The number of aliphatic hydroxyl groups is 2. The van der Waals surface area contributed by atoms with Gasteiger partial charge in [-0.15, -0.1) is 34.0 Å². The van der Waals surface area contributed by atoms with Crippen LogP contribution in [0.15, 0.2) is 52.5 Å². The quantitative estimate of drug-likeness (QED) is 0.299. The van der Waals surface area contributed by atoms with Gasteiger partial charge >= 0.3 is 0 Å². The van der Waals surface area contributed by atoms with Gasteiger partial charge in [0.2, 0.25) is 0 Å². The third kappa shape index (κ3) is 14.2. The molecule has 0 bridgehead atoms. The minimum atomic E-state index is -0.123. The summed E-state index contributed by atoms with van der Waals surface area (Å²) in [5, 5.41) is 25.4. The number of halogens is 1. The van der Waals surface area contributed by atoms with Crippen LogP contribution in [0.25, 0.3) is 0 Å². The average Bonchev–Trinajstić information content (AvgIpc) is 3.45. The highest BCUT2D eigenvalue weighted by Gasteiger charge is 2.07. The topological polar surface area (TPSA) is 40.5 Å². The van der Waals surface area contributed by atoms with E-state index in [9.17, 15) is 5.11 Å². The molecule has 0 aliphatic rings. The molecule has 1 unspecified atom stereocenters. The summed E-state index contributed by atoms with van der Waals surface area (Å²) in [6.07, 6.45) is 4.69. The summed E-state index contributed by atoms with van der Waals surface area (Å²) in [6.45, 7) is 4.56. The van der Waals surface area contributed by atoms with Gasteiger partial charge in [0.05, 0.1) is 6.10 Å². The predicted molar refractivity (Wildman–Crippen MR) is 135 cm³/mol. The molecule has 0 amide bonds. The fourth-order valence-electron chi connectivity index (χ4n) is 2.54. The van der Waals surface area contributed by atoms with Crippen LogP contribution in [0.5, 0.6) is 0 Å². The van der Waals surface area contributed by atoms with Crippen molar-refractivity contribution in [2.24, 2.45) is 5.92 Å². The Bertz CT molecular complexity index is 644. The number of thiophene rings is 3. The Balaban J connectivity index is 0.000000228. The summed E-state index contributed by atoms with van der Waals surface area (Å²) in [5.41, 5.74) is 0. The first kappa shape index (κ1) is 26.5. The highest BCUT2D eigenvalue weighted by Crippen LogP contribution is 2.15. The maximum absolute atomic E-state index is 9.62. The zero-order valence-corrected chi connectivity index (χ0v) is 21.3. The number of aliphatic hydroxyl groups excluding tert-OH is 2. The molecule has 0 saturated heterocycles. The fourth-order valence-corrected chi connectivity index (χ4v) is 5.36. The molecule has 0 aliphatic carbocycles. The van der Waals surface area contributed by atoms with Crippen LogP contribution in [-0.2, 0) is 19.3 Å². The Morgan fingerprint density at radius 1 is 0.828 bits per heavy atom. The van der Waals surface area contributed by atoms with E-state index in [1.807, 2.05) is 28.8 Å². The second-order valence-corrected chi connectivity index (χ2v) is 10.9. The summed E-state index contributed by atoms with van der Waals surface area (Å²) >= 11 is 8.66. The van der Waals surface area contributed by atoms with Crippen molar-refractivity contribution in [1.29, 1.82) is 0 Å². The highest BCUT2D eigenvalue weighted by atomic mass is 79.9. The second kappa shape index (κ2) is 17.2. The Labute approximate surface area is 196 Å². The van der Waals surface area contributed by atoms with Crippen molar-refractivity contribution in [2.45, 2.75) is 52.1 Å². The van der Waals surface area contributed by atoms with E-state index in [4.69, 9.17) is 5.11 Å². The monoisotopic (exact) mass is 516 g/mol. The maximum Gasteiger partial charge on any atom is 0.0546 e. The first-order chi connectivity index (χ1) is 14.0. The van der Waals surface area contributed by atoms with Crippen LogP contribution in [0, 0.1) is 5.92 Å². The SMILES string of the molecule is BrCCc1cccs1.CC(C)CC(O)CCc1cccs1.OCCc1cccs1. The largest absolute Gasteiger partial charge is 0.396 e. The molecule has 0 fully saturated rings. The minimum Gasteiger partial charge on any atom is -0.396 e. The molecule has 3 aromatic heterocycles. The van der Waals surface area contributed by atoms with Gasteiger partial charge in [-0.1, -0.05) is 48.0 Å². The van der Waals surface area contributed by atoms with Crippen molar-refractivity contribution in [3.8, 4) is 0 Å². The molecular formula is C23H33BrO2S3. The number of hydrogen-bond donors (Lipinski definition) is 2. The van der Waals surface area contributed by atoms with Crippen molar-refractivity contribution in [1.82, 2.24) is 0 Å². The van der Waals surface area contributed by atoms with Gasteiger partial charge in [-0.25, -0.2) is 0 Å². The van der Waals surface area contributed by atoms with Gasteiger partial charge in [0.15, 0.2) is 0 Å². The van der Waals surface area contributed by atoms with Crippen molar-refractivity contribution >= 4 is 49.9 Å². The molecule has 29 heavy (non-hydrogen) atoms. The zero-order valence-electron chi connectivity index (χ0n) is 17.3. The van der Waals surface area contributed by atoms with E-state index in [1.165, 1.54) is 14.6 Å². The Morgan fingerprint density at radius 2 is 1.31 bits per heavy atom. The summed E-state index contributed by atoms with van der Waals surface area (Å²) in [5.74, 6) is 0.596. The molecule has 0 aromatic carbocycles. The normalized spacial score (nSPS) is 11.4. The van der Waals surface area contributed by atoms with Crippen LogP contribution in [0.1, 0.15) is 41.3 Å². The lowest BCUT2D eigenvalue weighted by molar-refractivity contribution is 0.140. The summed E-state index contributed by atoms with van der Waals surface area (Å²) < 4.78 is 0. The first-order valence-electron chi connectivity index (χ1n) is 9.97. The lowest BCUT2D eigenvalue weighted by Crippen LogP contribution is -2.10. The summed E-state index contributed by atoms with van der Waals surface area (Å²) in [7, 11) is 0. The van der Waals surface area contributed by atoms with Gasteiger partial charge in [-0.05, 0) is 65.9 Å². The van der Waals surface area contributed by atoms with Crippen molar-refractivity contribution in [3.63, 3.8) is 0 Å². The van der Waals surface area contributed by atoms with Gasteiger partial charge in [0.25, 0.3) is 0 Å². The molecule has 6 heteroatoms. The Morgan fingerprint density at radius 3 is 1.69 bits per heavy atom. The molecule has 2 nitrogen and oxygen atoms in total. The van der Waals surface area contributed by atoms with E-state index in [-0.39, 0.29) is 12.7 Å². The second-order valence-electron chi connectivity index (χ2n) is 6.97. The van der Waals surface area contributed by atoms with E-state index >= 15 is 0 Å². The molecule has 0 aliphatic heterocycles. The van der Waals surface area contributed by atoms with Gasteiger partial charge < -0.3 is 10.2 Å². The molecular weight excluding hydrogens is 484 g/mol. The fraction of sp³-hybridized carbons (Fsp3) is 0.478. The van der Waals surface area contributed by atoms with E-state index < -0.39 is 0 Å². The van der Waals surface area contributed by atoms with Crippen LogP contribution in [0.2, 0.25) is 0 Å². The van der Waals surface area contributed by atoms with E-state index in [0.29, 0.717) is 5.92 Å². The van der Waals surface area contributed by atoms with Crippen molar-refractivity contribution < 1.29 is 10.2 Å². The summed E-state index contributed by atoms with van der Waals surface area (Å²) in [4.78, 5) is 4.09. The number of hydrogen-bond acceptors (Lipinski definition) is 5.